The fraction of sp³-hybridized carbons (Fsp3) is 0.360. The lowest BCUT2D eigenvalue weighted by Gasteiger charge is -2.30. The number of likely N-dealkylation sites (N-methyl/N-ethyl adjacent to an activating group) is 1. The molecule has 184 valence electrons. The summed E-state index contributed by atoms with van der Waals surface area (Å²) in [4.78, 5) is 12.7. The number of hydrogen-bond donors (Lipinski definition) is 2. The van der Waals surface area contributed by atoms with Crippen molar-refractivity contribution in [1.82, 2.24) is 24.5 Å². The molecule has 0 spiro atoms. The van der Waals surface area contributed by atoms with E-state index in [1.54, 1.807) is 43.0 Å². The first-order chi connectivity index (χ1) is 16.9. The molecular formula is C25H29N5O4S. The molecule has 1 aromatic carbocycles. The SMILES string of the molecule is CN1C[C@@H](O)CNS(=O)(=O)c2ccc(-c3cccnc3)cc2O[C@H]2CN(Cc3ccncc3)C[C@H]21. The highest BCUT2D eigenvalue weighted by Gasteiger charge is 2.39. The number of aliphatic hydroxyl groups excluding tert-OH is 1. The number of benzene rings is 1. The van der Waals surface area contributed by atoms with Crippen LogP contribution in [0.2, 0.25) is 0 Å². The normalized spacial score (nSPS) is 25.1. The fourth-order valence-corrected chi connectivity index (χ4v) is 5.95. The number of ether oxygens (including phenoxy) is 1. The van der Waals surface area contributed by atoms with Crippen molar-refractivity contribution in [3.63, 3.8) is 0 Å². The molecule has 0 aliphatic carbocycles. The Morgan fingerprint density at radius 2 is 1.89 bits per heavy atom. The van der Waals surface area contributed by atoms with Gasteiger partial charge in [-0.3, -0.25) is 19.8 Å². The second kappa shape index (κ2) is 10.00. The first-order valence-electron chi connectivity index (χ1n) is 11.6. The number of aliphatic hydroxyl groups is 1. The molecule has 2 N–H and O–H groups in total. The first-order valence-corrected chi connectivity index (χ1v) is 13.1. The Hall–Kier alpha value is -2.89. The Kier molecular flexibility index (Phi) is 6.81. The monoisotopic (exact) mass is 495 g/mol. The molecule has 2 aromatic heterocycles. The van der Waals surface area contributed by atoms with Gasteiger partial charge in [-0.1, -0.05) is 12.1 Å². The predicted octanol–water partition coefficient (Wildman–Crippen LogP) is 1.36. The van der Waals surface area contributed by atoms with Crippen LogP contribution in [0.3, 0.4) is 0 Å². The van der Waals surface area contributed by atoms with Gasteiger partial charge in [0.1, 0.15) is 16.7 Å². The highest BCUT2D eigenvalue weighted by Crippen LogP contribution is 2.33. The molecule has 1 saturated heterocycles. The Bertz CT molecular complexity index is 1260. The van der Waals surface area contributed by atoms with Gasteiger partial charge in [0.05, 0.1) is 12.1 Å². The third-order valence-corrected chi connectivity index (χ3v) is 8.01. The van der Waals surface area contributed by atoms with Crippen LogP contribution in [-0.4, -0.2) is 84.8 Å². The lowest BCUT2D eigenvalue weighted by molar-refractivity contribution is 0.0713. The molecule has 10 heteroatoms. The second-order valence-electron chi connectivity index (χ2n) is 9.12. The van der Waals surface area contributed by atoms with Crippen molar-refractivity contribution in [2.75, 3.05) is 33.2 Å². The highest BCUT2D eigenvalue weighted by molar-refractivity contribution is 7.89. The maximum absolute atomic E-state index is 13.2. The summed E-state index contributed by atoms with van der Waals surface area (Å²) in [6.07, 6.45) is 5.85. The minimum atomic E-state index is -3.89. The molecule has 0 bridgehead atoms. The second-order valence-corrected chi connectivity index (χ2v) is 10.9. The summed E-state index contributed by atoms with van der Waals surface area (Å²) in [6.45, 7) is 2.34. The molecule has 3 aromatic rings. The van der Waals surface area contributed by atoms with Crippen molar-refractivity contribution in [3.8, 4) is 16.9 Å². The van der Waals surface area contributed by atoms with Crippen LogP contribution in [0.15, 0.2) is 72.1 Å². The number of aromatic nitrogens is 2. The van der Waals surface area contributed by atoms with E-state index in [1.165, 1.54) is 0 Å². The van der Waals surface area contributed by atoms with Gasteiger partial charge in [0, 0.05) is 63.1 Å². The molecule has 0 radical (unpaired) electrons. The summed E-state index contributed by atoms with van der Waals surface area (Å²) in [7, 11) is -1.94. The van der Waals surface area contributed by atoms with Gasteiger partial charge in [0.15, 0.2) is 0 Å². The van der Waals surface area contributed by atoms with E-state index in [1.807, 2.05) is 31.3 Å². The largest absolute Gasteiger partial charge is 0.486 e. The summed E-state index contributed by atoms with van der Waals surface area (Å²) in [6, 6.07) is 12.8. The van der Waals surface area contributed by atoms with E-state index in [9.17, 15) is 13.5 Å². The summed E-state index contributed by atoms with van der Waals surface area (Å²) < 4.78 is 35.3. The van der Waals surface area contributed by atoms with Crippen LogP contribution in [0.5, 0.6) is 5.75 Å². The standard InChI is InChI=1S/C25H29N5O4S/c1-29-15-21(31)13-28-35(32,33)25-5-4-19(20-3-2-8-27-12-20)11-23(25)34-24-17-30(16-22(24)29)14-18-6-9-26-10-7-18/h2-12,21-22,24,28,31H,13-17H2,1H3/t21-,22+,24-/m0/s1. The molecule has 0 unspecified atom stereocenters. The molecule has 0 amide bonds. The maximum Gasteiger partial charge on any atom is 0.244 e. The molecule has 9 nitrogen and oxygen atoms in total. The van der Waals surface area contributed by atoms with E-state index in [0.29, 0.717) is 18.8 Å². The van der Waals surface area contributed by atoms with Gasteiger partial charge in [-0.05, 0) is 48.5 Å². The number of nitrogens with zero attached hydrogens (tertiary/aromatic N) is 4. The number of pyridine rings is 2. The molecular weight excluding hydrogens is 466 g/mol. The molecule has 0 saturated carbocycles. The summed E-state index contributed by atoms with van der Waals surface area (Å²) >= 11 is 0. The third kappa shape index (κ3) is 5.36. The van der Waals surface area contributed by atoms with Crippen LogP contribution in [0.25, 0.3) is 11.1 Å². The van der Waals surface area contributed by atoms with Gasteiger partial charge < -0.3 is 9.84 Å². The molecule has 1 fully saturated rings. The number of β-amino-alcohol motifs (C(OH)–C–C–N with tert-alkyl or cyclic N) is 1. The van der Waals surface area contributed by atoms with Crippen molar-refractivity contribution >= 4 is 10.0 Å². The molecule has 2 aliphatic rings. The Morgan fingerprint density at radius 1 is 1.06 bits per heavy atom. The van der Waals surface area contributed by atoms with E-state index in [2.05, 4.69) is 24.5 Å². The van der Waals surface area contributed by atoms with E-state index < -0.39 is 16.1 Å². The van der Waals surface area contributed by atoms with E-state index in [4.69, 9.17) is 4.74 Å². The van der Waals surface area contributed by atoms with Crippen LogP contribution in [-0.2, 0) is 16.6 Å². The van der Waals surface area contributed by atoms with E-state index in [0.717, 1.165) is 29.8 Å². The molecule has 5 rings (SSSR count). The van der Waals surface area contributed by atoms with Gasteiger partial charge in [-0.15, -0.1) is 0 Å². The number of rotatable bonds is 3. The van der Waals surface area contributed by atoms with Gasteiger partial charge in [-0.2, -0.15) is 0 Å². The van der Waals surface area contributed by atoms with Crippen molar-refractivity contribution in [2.45, 2.75) is 29.7 Å². The molecule has 35 heavy (non-hydrogen) atoms. The van der Waals surface area contributed by atoms with Gasteiger partial charge >= 0.3 is 0 Å². The lowest BCUT2D eigenvalue weighted by Crippen LogP contribution is -2.47. The highest BCUT2D eigenvalue weighted by atomic mass is 32.2. The quantitative estimate of drug-likeness (QED) is 0.561. The molecule has 3 atom stereocenters. The Balaban J connectivity index is 1.51. The average Bonchev–Trinajstić information content (AvgIpc) is 3.25. The maximum atomic E-state index is 13.2. The fourth-order valence-electron chi connectivity index (χ4n) is 4.76. The summed E-state index contributed by atoms with van der Waals surface area (Å²) in [5, 5.41) is 10.6. The first kappa shape index (κ1) is 23.8. The Labute approximate surface area is 205 Å². The van der Waals surface area contributed by atoms with E-state index >= 15 is 0 Å². The number of likely N-dealkylation sites (tertiary alicyclic amines) is 1. The minimum absolute atomic E-state index is 0.0258. The molecule has 2 aliphatic heterocycles. The van der Waals surface area contributed by atoms with Crippen molar-refractivity contribution in [1.29, 1.82) is 0 Å². The smallest absolute Gasteiger partial charge is 0.244 e. The lowest BCUT2D eigenvalue weighted by atomic mass is 10.1. The van der Waals surface area contributed by atoms with Crippen LogP contribution < -0.4 is 9.46 Å². The Morgan fingerprint density at radius 3 is 2.66 bits per heavy atom. The summed E-state index contributed by atoms with van der Waals surface area (Å²) in [5.41, 5.74) is 2.83. The summed E-state index contributed by atoms with van der Waals surface area (Å²) in [5.74, 6) is 0.296. The molecule has 4 heterocycles. The van der Waals surface area contributed by atoms with Crippen molar-refractivity contribution in [2.24, 2.45) is 0 Å². The number of fused-ring (bicyclic) bond motifs is 2. The zero-order valence-electron chi connectivity index (χ0n) is 19.5. The number of nitrogens with one attached hydrogen (secondary N) is 1. The predicted molar refractivity (Wildman–Crippen MR) is 131 cm³/mol. The van der Waals surface area contributed by atoms with Gasteiger partial charge in [-0.25, -0.2) is 13.1 Å². The van der Waals surface area contributed by atoms with Gasteiger partial charge in [0.2, 0.25) is 10.0 Å². The van der Waals surface area contributed by atoms with Crippen molar-refractivity contribution in [3.05, 3.63) is 72.8 Å². The van der Waals surface area contributed by atoms with Crippen LogP contribution >= 0.6 is 0 Å². The van der Waals surface area contributed by atoms with E-state index in [-0.39, 0.29) is 23.6 Å². The average molecular weight is 496 g/mol. The van der Waals surface area contributed by atoms with Crippen LogP contribution in [0.1, 0.15) is 5.56 Å². The van der Waals surface area contributed by atoms with Crippen LogP contribution in [0, 0.1) is 0 Å². The third-order valence-electron chi connectivity index (χ3n) is 6.55. The van der Waals surface area contributed by atoms with Crippen LogP contribution in [0.4, 0.5) is 0 Å². The van der Waals surface area contributed by atoms with Crippen molar-refractivity contribution < 1.29 is 18.3 Å². The number of sulfonamides is 1. The zero-order chi connectivity index (χ0) is 24.4. The zero-order valence-corrected chi connectivity index (χ0v) is 20.3. The number of hydrogen-bond acceptors (Lipinski definition) is 8. The van der Waals surface area contributed by atoms with Gasteiger partial charge in [0.25, 0.3) is 0 Å². The topological polar surface area (TPSA) is 108 Å². The minimum Gasteiger partial charge on any atom is -0.486 e.